The van der Waals surface area contributed by atoms with Crippen molar-refractivity contribution in [3.63, 3.8) is 0 Å². The fourth-order valence-electron chi connectivity index (χ4n) is 4.48. The molecule has 0 amide bonds. The molecule has 0 fully saturated rings. The summed E-state index contributed by atoms with van der Waals surface area (Å²) in [5.74, 6) is -0.848. The molecule has 2 aliphatic heterocycles. The second-order valence-corrected chi connectivity index (χ2v) is 8.18. The van der Waals surface area contributed by atoms with Gasteiger partial charge in [0.15, 0.2) is 11.4 Å². The van der Waals surface area contributed by atoms with Gasteiger partial charge in [-0.3, -0.25) is 9.59 Å². The third-order valence-corrected chi connectivity index (χ3v) is 6.25. The highest BCUT2D eigenvalue weighted by molar-refractivity contribution is 5.99. The average Bonchev–Trinajstić information content (AvgIpc) is 3.12. The molecule has 3 N–H and O–H groups in total. The number of rotatable bonds is 3. The van der Waals surface area contributed by atoms with E-state index in [4.69, 9.17) is 15.5 Å². The van der Waals surface area contributed by atoms with Crippen molar-refractivity contribution in [2.45, 2.75) is 39.0 Å². The maximum atomic E-state index is 13.2. The maximum absolute atomic E-state index is 13.2. The molecule has 1 aromatic carbocycles. The van der Waals surface area contributed by atoms with Gasteiger partial charge in [-0.1, -0.05) is 6.92 Å². The lowest BCUT2D eigenvalue weighted by Crippen LogP contribution is -2.44. The molecular formula is C24H21N3O5. The number of hydrogen-bond donors (Lipinski definition) is 2. The molecule has 0 saturated carbocycles. The Labute approximate surface area is 182 Å². The van der Waals surface area contributed by atoms with Gasteiger partial charge in [0.2, 0.25) is 0 Å². The van der Waals surface area contributed by atoms with Gasteiger partial charge < -0.3 is 20.1 Å². The van der Waals surface area contributed by atoms with Gasteiger partial charge in [0, 0.05) is 27.8 Å². The van der Waals surface area contributed by atoms with Crippen LogP contribution >= 0.6 is 0 Å². The number of aliphatic hydroxyl groups is 1. The third-order valence-electron chi connectivity index (χ3n) is 6.25. The summed E-state index contributed by atoms with van der Waals surface area (Å²) in [6.07, 6.45) is 3.21. The highest BCUT2D eigenvalue weighted by Gasteiger charge is 2.45. The van der Waals surface area contributed by atoms with E-state index in [1.807, 2.05) is 6.07 Å². The largest absolute Gasteiger partial charge is 0.458 e. The fourth-order valence-corrected chi connectivity index (χ4v) is 4.48. The van der Waals surface area contributed by atoms with Crippen LogP contribution in [0, 0.1) is 0 Å². The molecule has 2 aliphatic rings. The van der Waals surface area contributed by atoms with Crippen LogP contribution in [0.4, 0.5) is 5.69 Å². The molecule has 32 heavy (non-hydrogen) atoms. The number of nitrogens with zero attached hydrogens (tertiary/aromatic N) is 2. The summed E-state index contributed by atoms with van der Waals surface area (Å²) in [7, 11) is 0. The standard InChI is InChI=1S/C24H21N3O5/c1-3-24(31)17-9-20-21-13(10-27(20)22(29)16(17)11-32-23(24)30)8-15-14(5-4-12(2)28)18(25)6-7-19(15)26-21/h4-9,31H,3,10-11,25H2,1-2H3/b5-4+/t24-/m0/s1. The molecule has 4 heterocycles. The minimum absolute atomic E-state index is 0.0881. The molecule has 8 heteroatoms. The van der Waals surface area contributed by atoms with Crippen LogP contribution < -0.4 is 11.3 Å². The lowest BCUT2D eigenvalue weighted by Gasteiger charge is -2.31. The monoisotopic (exact) mass is 431 g/mol. The number of nitrogen functional groups attached to an aromatic ring is 1. The van der Waals surface area contributed by atoms with E-state index >= 15 is 0 Å². The van der Waals surface area contributed by atoms with Crippen LogP contribution in [0.25, 0.3) is 28.4 Å². The first-order valence-electron chi connectivity index (χ1n) is 10.3. The Kier molecular flexibility index (Phi) is 4.32. The molecule has 162 valence electrons. The highest BCUT2D eigenvalue weighted by Crippen LogP contribution is 2.39. The number of fused-ring (bicyclic) bond motifs is 5. The van der Waals surface area contributed by atoms with Gasteiger partial charge >= 0.3 is 5.97 Å². The average molecular weight is 431 g/mol. The summed E-state index contributed by atoms with van der Waals surface area (Å²) in [6, 6.07) is 7.11. The van der Waals surface area contributed by atoms with Crippen LogP contribution in [0.1, 0.15) is 42.5 Å². The smallest absolute Gasteiger partial charge is 0.343 e. The van der Waals surface area contributed by atoms with Gasteiger partial charge in [0.25, 0.3) is 5.56 Å². The van der Waals surface area contributed by atoms with Crippen LogP contribution in [0.5, 0.6) is 0 Å². The zero-order valence-corrected chi connectivity index (χ0v) is 17.6. The Hall–Kier alpha value is -3.78. The van der Waals surface area contributed by atoms with E-state index in [2.05, 4.69) is 0 Å². The molecule has 0 spiro atoms. The van der Waals surface area contributed by atoms with Crippen LogP contribution in [0.2, 0.25) is 0 Å². The normalized spacial score (nSPS) is 19.0. The summed E-state index contributed by atoms with van der Waals surface area (Å²) in [5, 5.41) is 11.7. The van der Waals surface area contributed by atoms with Crippen molar-refractivity contribution in [2.75, 3.05) is 5.73 Å². The van der Waals surface area contributed by atoms with Crippen LogP contribution in [-0.2, 0) is 33.1 Å². The summed E-state index contributed by atoms with van der Waals surface area (Å²) >= 11 is 0. The first-order valence-corrected chi connectivity index (χ1v) is 10.3. The van der Waals surface area contributed by atoms with E-state index in [0.29, 0.717) is 34.7 Å². The first kappa shape index (κ1) is 20.1. The van der Waals surface area contributed by atoms with Gasteiger partial charge in [0.05, 0.1) is 29.0 Å². The molecule has 8 nitrogen and oxygen atoms in total. The summed E-state index contributed by atoms with van der Waals surface area (Å²) in [6.45, 7) is 3.26. The molecule has 0 unspecified atom stereocenters. The summed E-state index contributed by atoms with van der Waals surface area (Å²) < 4.78 is 6.68. The number of ether oxygens (including phenoxy) is 1. The van der Waals surface area contributed by atoms with Crippen LogP contribution in [-0.4, -0.2) is 26.4 Å². The molecule has 0 aliphatic carbocycles. The molecular weight excluding hydrogens is 410 g/mol. The number of allylic oxidation sites excluding steroid dienone is 1. The zero-order chi connectivity index (χ0) is 22.8. The van der Waals surface area contributed by atoms with Crippen molar-refractivity contribution in [1.29, 1.82) is 0 Å². The lowest BCUT2D eigenvalue weighted by atomic mass is 9.86. The maximum Gasteiger partial charge on any atom is 0.343 e. The predicted molar refractivity (Wildman–Crippen MR) is 119 cm³/mol. The second-order valence-electron chi connectivity index (χ2n) is 8.18. The topological polar surface area (TPSA) is 125 Å². The number of nitrogens with two attached hydrogens (primary N) is 1. The van der Waals surface area contributed by atoms with Crippen molar-refractivity contribution in [3.05, 3.63) is 62.9 Å². The summed E-state index contributed by atoms with van der Waals surface area (Å²) in [4.78, 5) is 41.7. The molecule has 0 bridgehead atoms. The summed E-state index contributed by atoms with van der Waals surface area (Å²) in [5.41, 5.74) is 8.38. The van der Waals surface area contributed by atoms with Crippen molar-refractivity contribution in [2.24, 2.45) is 0 Å². The van der Waals surface area contributed by atoms with Crippen molar-refractivity contribution in [3.8, 4) is 11.4 Å². The van der Waals surface area contributed by atoms with E-state index in [0.717, 1.165) is 10.9 Å². The number of carbonyl (C=O) groups excluding carboxylic acids is 2. The number of benzene rings is 1. The van der Waals surface area contributed by atoms with Gasteiger partial charge in [0.1, 0.15) is 6.61 Å². The Morgan fingerprint density at radius 1 is 1.34 bits per heavy atom. The molecule has 0 radical (unpaired) electrons. The van der Waals surface area contributed by atoms with Crippen molar-refractivity contribution in [1.82, 2.24) is 9.55 Å². The Bertz CT molecular complexity index is 1440. The van der Waals surface area contributed by atoms with E-state index in [9.17, 15) is 19.5 Å². The minimum atomic E-state index is -1.86. The predicted octanol–water partition coefficient (Wildman–Crippen LogP) is 2.26. The molecule has 3 aromatic rings. The Balaban J connectivity index is 1.75. The van der Waals surface area contributed by atoms with Gasteiger partial charge in [-0.2, -0.15) is 0 Å². The van der Waals surface area contributed by atoms with E-state index in [-0.39, 0.29) is 35.5 Å². The number of esters is 1. The number of anilines is 1. The number of ketones is 1. The number of hydrogen-bond acceptors (Lipinski definition) is 7. The Morgan fingerprint density at radius 3 is 2.84 bits per heavy atom. The quantitative estimate of drug-likeness (QED) is 0.290. The van der Waals surface area contributed by atoms with Gasteiger partial charge in [-0.25, -0.2) is 9.78 Å². The second kappa shape index (κ2) is 6.86. The molecule has 0 saturated heterocycles. The number of cyclic esters (lactones) is 1. The van der Waals surface area contributed by atoms with Crippen molar-refractivity contribution >= 4 is 34.4 Å². The zero-order valence-electron chi connectivity index (χ0n) is 17.6. The van der Waals surface area contributed by atoms with Crippen LogP contribution in [0.3, 0.4) is 0 Å². The Morgan fingerprint density at radius 2 is 2.12 bits per heavy atom. The number of pyridine rings is 2. The minimum Gasteiger partial charge on any atom is -0.458 e. The molecule has 2 aromatic heterocycles. The SMILES string of the molecule is CC[C@@]1(O)C(=O)OCc2c1cc1n(c2=O)Cc2cc3c(/C=C/C(C)=O)c(N)ccc3nc2-1. The van der Waals surface area contributed by atoms with E-state index < -0.39 is 11.6 Å². The van der Waals surface area contributed by atoms with Gasteiger partial charge in [-0.05, 0) is 49.8 Å². The lowest BCUT2D eigenvalue weighted by molar-refractivity contribution is -0.172. The number of aromatic nitrogens is 2. The van der Waals surface area contributed by atoms with E-state index in [1.54, 1.807) is 35.8 Å². The van der Waals surface area contributed by atoms with Gasteiger partial charge in [-0.15, -0.1) is 0 Å². The number of carbonyl (C=O) groups is 2. The van der Waals surface area contributed by atoms with Crippen molar-refractivity contribution < 1.29 is 19.4 Å². The van der Waals surface area contributed by atoms with E-state index in [1.165, 1.54) is 13.0 Å². The molecule has 5 rings (SSSR count). The first-order chi connectivity index (χ1) is 15.2. The molecule has 1 atom stereocenters. The highest BCUT2D eigenvalue weighted by atomic mass is 16.6. The van der Waals surface area contributed by atoms with Crippen LogP contribution in [0.15, 0.2) is 35.1 Å². The fraction of sp³-hybridized carbons (Fsp3) is 0.250. The third kappa shape index (κ3) is 2.73.